The van der Waals surface area contributed by atoms with Gasteiger partial charge in [0, 0.05) is 31.2 Å². The Hall–Kier alpha value is -2.36. The van der Waals surface area contributed by atoms with E-state index in [9.17, 15) is 22.0 Å². The summed E-state index contributed by atoms with van der Waals surface area (Å²) in [6.07, 6.45) is 1.21. The predicted molar refractivity (Wildman–Crippen MR) is 112 cm³/mol. The third-order valence-corrected chi connectivity index (χ3v) is 7.03. The maximum atomic E-state index is 14.4. The number of carbonyl (C=O) groups is 1. The molecule has 1 aliphatic rings. The van der Waals surface area contributed by atoms with Crippen molar-refractivity contribution in [3.63, 3.8) is 0 Å². The maximum Gasteiger partial charge on any atom is 0.254 e. The van der Waals surface area contributed by atoms with E-state index in [1.165, 1.54) is 12.1 Å². The van der Waals surface area contributed by atoms with Crippen LogP contribution in [0.3, 0.4) is 0 Å². The SMILES string of the molecule is CC(C)NS(=O)(=O)c1ccc(F)c(C(=O)NCC2(c3ccc(F)cc3)CCOCC2)c1. The fourth-order valence-corrected chi connectivity index (χ4v) is 4.98. The summed E-state index contributed by atoms with van der Waals surface area (Å²) < 4.78 is 60.4. The first-order valence-electron chi connectivity index (χ1n) is 10.1. The lowest BCUT2D eigenvalue weighted by Crippen LogP contribution is -2.44. The number of halogens is 2. The third-order valence-electron chi connectivity index (χ3n) is 5.38. The van der Waals surface area contributed by atoms with E-state index in [1.807, 2.05) is 0 Å². The normalized spacial score (nSPS) is 16.3. The molecule has 1 aliphatic heterocycles. The molecule has 1 fully saturated rings. The molecule has 0 spiro atoms. The second kappa shape index (κ2) is 9.42. The van der Waals surface area contributed by atoms with Gasteiger partial charge in [0.25, 0.3) is 5.91 Å². The third kappa shape index (κ3) is 5.47. The average molecular weight is 453 g/mol. The Morgan fingerprint density at radius 2 is 1.74 bits per heavy atom. The molecule has 1 amide bonds. The van der Waals surface area contributed by atoms with Crippen LogP contribution in [0, 0.1) is 11.6 Å². The Kier molecular flexibility index (Phi) is 7.08. The van der Waals surface area contributed by atoms with Gasteiger partial charge in [0.2, 0.25) is 10.0 Å². The highest BCUT2D eigenvalue weighted by Crippen LogP contribution is 2.34. The summed E-state index contributed by atoms with van der Waals surface area (Å²) in [5.74, 6) is -1.89. The number of ether oxygens (including phenoxy) is 1. The zero-order valence-electron chi connectivity index (χ0n) is 17.5. The molecule has 1 heterocycles. The van der Waals surface area contributed by atoms with Crippen molar-refractivity contribution in [3.8, 4) is 0 Å². The highest BCUT2D eigenvalue weighted by molar-refractivity contribution is 7.89. The van der Waals surface area contributed by atoms with E-state index in [4.69, 9.17) is 4.74 Å². The van der Waals surface area contributed by atoms with Crippen LogP contribution in [0.25, 0.3) is 0 Å². The molecule has 2 aromatic carbocycles. The Bertz CT molecular complexity index is 1030. The maximum absolute atomic E-state index is 14.4. The van der Waals surface area contributed by atoms with Gasteiger partial charge in [-0.1, -0.05) is 12.1 Å². The van der Waals surface area contributed by atoms with Crippen LogP contribution in [-0.2, 0) is 20.2 Å². The van der Waals surface area contributed by atoms with Gasteiger partial charge >= 0.3 is 0 Å². The van der Waals surface area contributed by atoms with Gasteiger partial charge in [-0.05, 0) is 62.6 Å². The lowest BCUT2D eigenvalue weighted by atomic mass is 9.74. The molecule has 168 valence electrons. The minimum atomic E-state index is -3.88. The van der Waals surface area contributed by atoms with E-state index < -0.39 is 27.2 Å². The number of carbonyl (C=O) groups excluding carboxylic acids is 1. The molecule has 0 atom stereocenters. The van der Waals surface area contributed by atoms with Crippen LogP contribution in [0.15, 0.2) is 47.4 Å². The van der Waals surface area contributed by atoms with Gasteiger partial charge in [-0.3, -0.25) is 4.79 Å². The lowest BCUT2D eigenvalue weighted by Gasteiger charge is -2.38. The number of benzene rings is 2. The molecule has 2 N–H and O–H groups in total. The fraction of sp³-hybridized carbons (Fsp3) is 0.409. The standard InChI is InChI=1S/C22H26F2N2O4S/c1-15(2)26-31(28,29)18-7-8-20(24)19(13-18)21(27)25-14-22(9-11-30-12-10-22)16-3-5-17(23)6-4-16/h3-8,13,15,26H,9-12,14H2,1-2H3,(H,25,27). The van der Waals surface area contributed by atoms with Crippen molar-refractivity contribution >= 4 is 15.9 Å². The molecule has 31 heavy (non-hydrogen) atoms. The van der Waals surface area contributed by atoms with Crippen LogP contribution < -0.4 is 10.0 Å². The van der Waals surface area contributed by atoms with E-state index >= 15 is 0 Å². The molecule has 3 rings (SSSR count). The molecule has 2 aromatic rings. The van der Waals surface area contributed by atoms with Crippen LogP contribution in [0.4, 0.5) is 8.78 Å². The molecule has 0 bridgehead atoms. The molecular weight excluding hydrogens is 426 g/mol. The van der Waals surface area contributed by atoms with Gasteiger partial charge in [0.1, 0.15) is 11.6 Å². The van der Waals surface area contributed by atoms with E-state index in [0.29, 0.717) is 26.1 Å². The molecule has 0 radical (unpaired) electrons. The Morgan fingerprint density at radius 1 is 1.10 bits per heavy atom. The molecule has 0 aliphatic carbocycles. The van der Waals surface area contributed by atoms with Gasteiger partial charge in [0.15, 0.2) is 0 Å². The monoisotopic (exact) mass is 452 g/mol. The number of nitrogens with one attached hydrogen (secondary N) is 2. The summed E-state index contributed by atoms with van der Waals surface area (Å²) in [5.41, 5.74) is 0.0180. The van der Waals surface area contributed by atoms with Crippen molar-refractivity contribution in [3.05, 3.63) is 65.2 Å². The minimum absolute atomic E-state index is 0.182. The molecular formula is C22H26F2N2O4S. The molecule has 0 unspecified atom stereocenters. The zero-order chi connectivity index (χ0) is 22.6. The summed E-state index contributed by atoms with van der Waals surface area (Å²) in [6.45, 7) is 4.48. The summed E-state index contributed by atoms with van der Waals surface area (Å²) in [6, 6.07) is 8.86. The topological polar surface area (TPSA) is 84.5 Å². The van der Waals surface area contributed by atoms with Gasteiger partial charge in [0.05, 0.1) is 10.5 Å². The first-order valence-corrected chi connectivity index (χ1v) is 11.6. The van der Waals surface area contributed by atoms with E-state index in [-0.39, 0.29) is 28.9 Å². The first kappa shape index (κ1) is 23.3. The highest BCUT2D eigenvalue weighted by atomic mass is 32.2. The minimum Gasteiger partial charge on any atom is -0.381 e. The Morgan fingerprint density at radius 3 is 2.35 bits per heavy atom. The number of rotatable bonds is 7. The van der Waals surface area contributed by atoms with Crippen LogP contribution in [0.2, 0.25) is 0 Å². The zero-order valence-corrected chi connectivity index (χ0v) is 18.3. The Balaban J connectivity index is 1.83. The summed E-state index contributed by atoms with van der Waals surface area (Å²) in [4.78, 5) is 12.6. The number of amides is 1. The van der Waals surface area contributed by atoms with Crippen molar-refractivity contribution in [2.45, 2.75) is 43.0 Å². The largest absolute Gasteiger partial charge is 0.381 e. The van der Waals surface area contributed by atoms with Crippen LogP contribution in [-0.4, -0.2) is 40.1 Å². The van der Waals surface area contributed by atoms with Crippen molar-refractivity contribution in [2.75, 3.05) is 19.8 Å². The lowest BCUT2D eigenvalue weighted by molar-refractivity contribution is 0.0486. The second-order valence-electron chi connectivity index (χ2n) is 8.00. The quantitative estimate of drug-likeness (QED) is 0.676. The smallest absolute Gasteiger partial charge is 0.254 e. The van der Waals surface area contributed by atoms with Crippen LogP contribution >= 0.6 is 0 Å². The van der Waals surface area contributed by atoms with Crippen LogP contribution in [0.5, 0.6) is 0 Å². The van der Waals surface area contributed by atoms with Crippen LogP contribution in [0.1, 0.15) is 42.6 Å². The van der Waals surface area contributed by atoms with E-state index in [1.54, 1.807) is 26.0 Å². The van der Waals surface area contributed by atoms with E-state index in [2.05, 4.69) is 10.0 Å². The van der Waals surface area contributed by atoms with Gasteiger partial charge in [-0.2, -0.15) is 0 Å². The molecule has 6 nitrogen and oxygen atoms in total. The second-order valence-corrected chi connectivity index (χ2v) is 9.71. The van der Waals surface area contributed by atoms with Crippen molar-refractivity contribution < 1.29 is 26.7 Å². The van der Waals surface area contributed by atoms with E-state index in [0.717, 1.165) is 23.8 Å². The molecule has 9 heteroatoms. The number of sulfonamides is 1. The predicted octanol–water partition coefficient (Wildman–Crippen LogP) is 3.13. The van der Waals surface area contributed by atoms with Crippen molar-refractivity contribution in [2.24, 2.45) is 0 Å². The molecule has 1 saturated heterocycles. The van der Waals surface area contributed by atoms with Gasteiger partial charge < -0.3 is 10.1 Å². The summed E-state index contributed by atoms with van der Waals surface area (Å²) >= 11 is 0. The molecule has 0 aromatic heterocycles. The number of hydrogen-bond donors (Lipinski definition) is 2. The first-order chi connectivity index (χ1) is 14.6. The fourth-order valence-electron chi connectivity index (χ4n) is 3.70. The summed E-state index contributed by atoms with van der Waals surface area (Å²) in [5, 5.41) is 2.74. The number of hydrogen-bond acceptors (Lipinski definition) is 4. The molecule has 0 saturated carbocycles. The van der Waals surface area contributed by atoms with Gasteiger partial charge in [-0.25, -0.2) is 21.9 Å². The van der Waals surface area contributed by atoms with Crippen molar-refractivity contribution in [1.82, 2.24) is 10.0 Å². The Labute approximate surface area is 181 Å². The van der Waals surface area contributed by atoms with Gasteiger partial charge in [-0.15, -0.1) is 0 Å². The highest BCUT2D eigenvalue weighted by Gasteiger charge is 2.35. The summed E-state index contributed by atoms with van der Waals surface area (Å²) in [7, 11) is -3.88. The van der Waals surface area contributed by atoms with Crippen molar-refractivity contribution in [1.29, 1.82) is 0 Å². The average Bonchev–Trinajstić information content (AvgIpc) is 2.72.